The van der Waals surface area contributed by atoms with Crippen molar-refractivity contribution in [2.45, 2.75) is 45.2 Å². The van der Waals surface area contributed by atoms with E-state index in [4.69, 9.17) is 11.6 Å². The Morgan fingerprint density at radius 3 is 2.81 bits per heavy atom. The summed E-state index contributed by atoms with van der Waals surface area (Å²) >= 11 is 5.94. The van der Waals surface area contributed by atoms with Gasteiger partial charge in [-0.3, -0.25) is 0 Å². The van der Waals surface area contributed by atoms with E-state index in [0.717, 1.165) is 18.3 Å². The first-order chi connectivity index (χ1) is 7.68. The molecule has 1 aliphatic rings. The number of rotatable bonds is 4. The van der Waals surface area contributed by atoms with Gasteiger partial charge >= 0.3 is 0 Å². The van der Waals surface area contributed by atoms with E-state index in [-0.39, 0.29) is 0 Å². The lowest BCUT2D eigenvalue weighted by atomic mass is 10.00. The van der Waals surface area contributed by atoms with Crippen LogP contribution in [0.5, 0.6) is 0 Å². The summed E-state index contributed by atoms with van der Waals surface area (Å²) in [6, 6.07) is 0.581. The van der Waals surface area contributed by atoms with Crippen LogP contribution < -0.4 is 5.32 Å². The molecule has 0 aliphatic heterocycles. The molecule has 0 unspecified atom stereocenters. The van der Waals surface area contributed by atoms with Crippen LogP contribution in [0.25, 0.3) is 0 Å². The smallest absolute Gasteiger partial charge is 0.128 e. The summed E-state index contributed by atoms with van der Waals surface area (Å²) in [5.41, 5.74) is 0. The first-order valence-electron chi connectivity index (χ1n) is 6.08. The molecular formula is C12H20ClN3. The summed E-state index contributed by atoms with van der Waals surface area (Å²) in [7, 11) is 1.95. The largest absolute Gasteiger partial charge is 0.321 e. The molecule has 1 aromatic rings. The van der Waals surface area contributed by atoms with Gasteiger partial charge < -0.3 is 9.88 Å². The Balaban J connectivity index is 1.84. The van der Waals surface area contributed by atoms with Crippen LogP contribution in [0, 0.1) is 5.92 Å². The first kappa shape index (κ1) is 11.9. The Hall–Kier alpha value is -0.540. The molecule has 0 amide bonds. The van der Waals surface area contributed by atoms with Crippen molar-refractivity contribution in [3.8, 4) is 0 Å². The highest BCUT2D eigenvalue weighted by molar-refractivity contribution is 6.29. The Labute approximate surface area is 102 Å². The quantitative estimate of drug-likeness (QED) is 0.879. The van der Waals surface area contributed by atoms with E-state index in [9.17, 15) is 0 Å². The molecular weight excluding hydrogens is 222 g/mol. The average Bonchev–Trinajstić information content (AvgIpc) is 2.89. The third kappa shape index (κ3) is 2.58. The molecule has 0 saturated heterocycles. The van der Waals surface area contributed by atoms with Crippen molar-refractivity contribution in [1.82, 2.24) is 14.9 Å². The van der Waals surface area contributed by atoms with Gasteiger partial charge in [-0.2, -0.15) is 0 Å². The predicted octanol–water partition coefficient (Wildman–Crippen LogP) is 2.74. The van der Waals surface area contributed by atoms with Crippen LogP contribution >= 0.6 is 11.6 Å². The molecule has 3 nitrogen and oxygen atoms in total. The maximum atomic E-state index is 5.94. The molecule has 16 heavy (non-hydrogen) atoms. The van der Waals surface area contributed by atoms with E-state index in [2.05, 4.69) is 17.2 Å². The first-order valence-corrected chi connectivity index (χ1v) is 6.45. The molecule has 0 spiro atoms. The Morgan fingerprint density at radius 2 is 2.25 bits per heavy atom. The summed E-state index contributed by atoms with van der Waals surface area (Å²) in [6.07, 6.45) is 7.24. The Bertz CT molecular complexity index is 342. The minimum atomic E-state index is 0.581. The summed E-state index contributed by atoms with van der Waals surface area (Å²) in [4.78, 5) is 4.28. The number of nitrogens with one attached hydrogen (secondary N) is 1. The van der Waals surface area contributed by atoms with Crippen molar-refractivity contribution in [3.63, 3.8) is 0 Å². The Morgan fingerprint density at radius 1 is 1.56 bits per heavy atom. The second-order valence-electron chi connectivity index (χ2n) is 4.77. The zero-order chi connectivity index (χ0) is 11.5. The van der Waals surface area contributed by atoms with Crippen molar-refractivity contribution in [1.29, 1.82) is 0 Å². The average molecular weight is 242 g/mol. The summed E-state index contributed by atoms with van der Waals surface area (Å²) < 4.78 is 1.93. The van der Waals surface area contributed by atoms with E-state index in [1.165, 1.54) is 25.7 Å². The fraction of sp³-hybridized carbons (Fsp3) is 0.750. The minimum absolute atomic E-state index is 0.581. The minimum Gasteiger partial charge on any atom is -0.321 e. The zero-order valence-electron chi connectivity index (χ0n) is 10.0. The second kappa shape index (κ2) is 5.19. The molecule has 1 N–H and O–H groups in total. The molecule has 1 aliphatic carbocycles. The van der Waals surface area contributed by atoms with Gasteiger partial charge in [0.1, 0.15) is 11.0 Å². The molecule has 1 atom stereocenters. The number of hydrogen-bond donors (Lipinski definition) is 1. The van der Waals surface area contributed by atoms with E-state index >= 15 is 0 Å². The van der Waals surface area contributed by atoms with Crippen molar-refractivity contribution in [2.24, 2.45) is 13.0 Å². The molecule has 4 heteroatoms. The normalized spacial score (nSPS) is 19.2. The number of nitrogens with zero attached hydrogens (tertiary/aromatic N) is 2. The van der Waals surface area contributed by atoms with Crippen LogP contribution in [-0.2, 0) is 13.6 Å². The molecule has 0 bridgehead atoms. The van der Waals surface area contributed by atoms with Gasteiger partial charge in [0.25, 0.3) is 0 Å². The van der Waals surface area contributed by atoms with Gasteiger partial charge in [0.2, 0.25) is 0 Å². The summed E-state index contributed by atoms with van der Waals surface area (Å²) in [5.74, 6) is 1.85. The monoisotopic (exact) mass is 241 g/mol. The van der Waals surface area contributed by atoms with Gasteiger partial charge in [-0.25, -0.2) is 4.98 Å². The maximum absolute atomic E-state index is 5.94. The van der Waals surface area contributed by atoms with Gasteiger partial charge in [0.05, 0.1) is 12.7 Å². The van der Waals surface area contributed by atoms with Gasteiger partial charge in [0, 0.05) is 13.1 Å². The second-order valence-corrected chi connectivity index (χ2v) is 5.16. The summed E-state index contributed by atoms with van der Waals surface area (Å²) in [5, 5.41) is 4.25. The van der Waals surface area contributed by atoms with Crippen molar-refractivity contribution in [3.05, 3.63) is 17.2 Å². The van der Waals surface area contributed by atoms with Crippen molar-refractivity contribution >= 4 is 11.6 Å². The number of hydrogen-bond acceptors (Lipinski definition) is 2. The molecule has 1 heterocycles. The van der Waals surface area contributed by atoms with Gasteiger partial charge in [0.15, 0.2) is 0 Å². The highest BCUT2D eigenvalue weighted by Crippen LogP contribution is 2.27. The van der Waals surface area contributed by atoms with Crippen LogP contribution in [0.3, 0.4) is 0 Å². The lowest BCUT2D eigenvalue weighted by Crippen LogP contribution is -2.32. The molecule has 1 aromatic heterocycles. The summed E-state index contributed by atoms with van der Waals surface area (Å²) in [6.45, 7) is 3.08. The topological polar surface area (TPSA) is 29.9 Å². The van der Waals surface area contributed by atoms with E-state index in [0.29, 0.717) is 11.2 Å². The third-order valence-corrected chi connectivity index (χ3v) is 4.07. The molecule has 1 saturated carbocycles. The van der Waals surface area contributed by atoms with Crippen molar-refractivity contribution < 1.29 is 0 Å². The lowest BCUT2D eigenvalue weighted by Gasteiger charge is -2.20. The highest BCUT2D eigenvalue weighted by Gasteiger charge is 2.21. The molecule has 2 rings (SSSR count). The van der Waals surface area contributed by atoms with Crippen LogP contribution in [-0.4, -0.2) is 15.6 Å². The maximum Gasteiger partial charge on any atom is 0.128 e. The number of aromatic nitrogens is 2. The van der Waals surface area contributed by atoms with Gasteiger partial charge in [-0.1, -0.05) is 24.4 Å². The highest BCUT2D eigenvalue weighted by atomic mass is 35.5. The zero-order valence-corrected chi connectivity index (χ0v) is 10.8. The van der Waals surface area contributed by atoms with Gasteiger partial charge in [-0.15, -0.1) is 0 Å². The SMILES string of the molecule is C[C@H](NCc1ncc(Cl)n1C)C1CCCC1. The number of halogens is 1. The molecule has 1 fully saturated rings. The van der Waals surface area contributed by atoms with E-state index in [1.807, 2.05) is 11.6 Å². The van der Waals surface area contributed by atoms with Gasteiger partial charge in [-0.05, 0) is 25.7 Å². The molecule has 0 aromatic carbocycles. The third-order valence-electron chi connectivity index (χ3n) is 3.72. The molecule has 0 radical (unpaired) electrons. The number of imidazole rings is 1. The van der Waals surface area contributed by atoms with Crippen LogP contribution in [0.1, 0.15) is 38.4 Å². The van der Waals surface area contributed by atoms with E-state index < -0.39 is 0 Å². The fourth-order valence-electron chi connectivity index (χ4n) is 2.46. The fourth-order valence-corrected chi connectivity index (χ4v) is 2.61. The van der Waals surface area contributed by atoms with Crippen molar-refractivity contribution in [2.75, 3.05) is 0 Å². The Kier molecular flexibility index (Phi) is 3.87. The standard InChI is InChI=1S/C12H20ClN3/c1-9(10-5-3-4-6-10)14-8-12-15-7-11(13)16(12)2/h7,9-10,14H,3-6,8H2,1-2H3/t9-/m0/s1. The predicted molar refractivity (Wildman–Crippen MR) is 66.5 cm³/mol. The van der Waals surface area contributed by atoms with Crippen LogP contribution in [0.4, 0.5) is 0 Å². The molecule has 90 valence electrons. The van der Waals surface area contributed by atoms with Crippen LogP contribution in [0.2, 0.25) is 5.15 Å². The van der Waals surface area contributed by atoms with Crippen LogP contribution in [0.15, 0.2) is 6.20 Å². The van der Waals surface area contributed by atoms with E-state index in [1.54, 1.807) is 6.20 Å². The lowest BCUT2D eigenvalue weighted by molar-refractivity contribution is 0.375.